The molecule has 3 aromatic carbocycles. The van der Waals surface area contributed by atoms with Crippen LogP contribution in [0.15, 0.2) is 66.7 Å². The number of aliphatic carboxylic acids is 1. The maximum atomic E-state index is 13.1. The summed E-state index contributed by atoms with van der Waals surface area (Å²) >= 11 is 0. The first kappa shape index (κ1) is 23.8. The number of amides is 1. The highest BCUT2D eigenvalue weighted by molar-refractivity contribution is 5.86. The van der Waals surface area contributed by atoms with Crippen LogP contribution in [0.2, 0.25) is 0 Å². The number of carboxylic acid groups (broad SMARTS) is 1. The van der Waals surface area contributed by atoms with Crippen LogP contribution in [-0.4, -0.2) is 23.5 Å². The molecule has 0 bridgehead atoms. The monoisotopic (exact) mass is 459 g/mol. The summed E-state index contributed by atoms with van der Waals surface area (Å²) in [6.07, 6.45) is 3.17. The van der Waals surface area contributed by atoms with Crippen molar-refractivity contribution in [2.24, 2.45) is 17.8 Å². The van der Waals surface area contributed by atoms with Gasteiger partial charge >= 0.3 is 5.97 Å². The molecule has 2 N–H and O–H groups in total. The van der Waals surface area contributed by atoms with Crippen molar-refractivity contribution >= 4 is 22.6 Å². The maximum absolute atomic E-state index is 13.1. The minimum absolute atomic E-state index is 0.0434. The van der Waals surface area contributed by atoms with Gasteiger partial charge in [0.1, 0.15) is 12.4 Å². The molecular weight excluding hydrogens is 426 g/mol. The summed E-state index contributed by atoms with van der Waals surface area (Å²) in [4.78, 5) is 24.6. The standard InChI is InChI=1S/C29H33NO4/c1-19(2)26(29(32)33)17-30-28(31)27(21-9-6-10-21)22-13-15-24(16-14-22)34-18-23-11-5-8-20-7-3-4-12-25(20)23/h3-5,7-8,11-16,19,21,26-27H,6,9-10,17-18H2,1-2H3,(H,30,31)(H,32,33). The molecule has 1 saturated carbocycles. The fraction of sp³-hybridized carbons (Fsp3) is 0.379. The lowest BCUT2D eigenvalue weighted by Crippen LogP contribution is -2.40. The summed E-state index contributed by atoms with van der Waals surface area (Å²) in [6, 6.07) is 22.3. The smallest absolute Gasteiger partial charge is 0.308 e. The summed E-state index contributed by atoms with van der Waals surface area (Å²) in [5.41, 5.74) is 2.09. The van der Waals surface area contributed by atoms with Crippen molar-refractivity contribution in [3.63, 3.8) is 0 Å². The van der Waals surface area contributed by atoms with Gasteiger partial charge in [-0.25, -0.2) is 0 Å². The molecule has 5 heteroatoms. The molecule has 34 heavy (non-hydrogen) atoms. The topological polar surface area (TPSA) is 75.6 Å². The summed E-state index contributed by atoms with van der Waals surface area (Å²) in [7, 11) is 0. The molecule has 2 unspecified atom stereocenters. The third-order valence-electron chi connectivity index (χ3n) is 7.04. The van der Waals surface area contributed by atoms with Crippen LogP contribution in [-0.2, 0) is 16.2 Å². The molecule has 0 aliphatic heterocycles. The Hall–Kier alpha value is -3.34. The van der Waals surface area contributed by atoms with Crippen molar-refractivity contribution in [1.82, 2.24) is 5.32 Å². The quantitative estimate of drug-likeness (QED) is 0.403. The third-order valence-corrected chi connectivity index (χ3v) is 7.04. The number of hydrogen-bond acceptors (Lipinski definition) is 3. The first-order valence-corrected chi connectivity index (χ1v) is 12.1. The number of ether oxygens (including phenoxy) is 1. The number of nitrogens with one attached hydrogen (secondary N) is 1. The molecule has 1 aliphatic rings. The highest BCUT2D eigenvalue weighted by atomic mass is 16.5. The van der Waals surface area contributed by atoms with Gasteiger partial charge < -0.3 is 15.2 Å². The van der Waals surface area contributed by atoms with E-state index >= 15 is 0 Å². The first-order chi connectivity index (χ1) is 16.4. The molecule has 4 rings (SSSR count). The van der Waals surface area contributed by atoms with E-state index in [-0.39, 0.29) is 24.3 Å². The van der Waals surface area contributed by atoms with Gasteiger partial charge in [0.25, 0.3) is 0 Å². The van der Waals surface area contributed by atoms with Gasteiger partial charge in [-0.1, -0.05) is 74.9 Å². The first-order valence-electron chi connectivity index (χ1n) is 12.1. The lowest BCUT2D eigenvalue weighted by Gasteiger charge is -2.33. The second-order valence-electron chi connectivity index (χ2n) is 9.60. The second kappa shape index (κ2) is 10.7. The van der Waals surface area contributed by atoms with Crippen LogP contribution in [0.25, 0.3) is 10.8 Å². The molecule has 0 aromatic heterocycles. The zero-order valence-electron chi connectivity index (χ0n) is 19.9. The van der Waals surface area contributed by atoms with Crippen LogP contribution in [0, 0.1) is 17.8 Å². The number of benzene rings is 3. The highest BCUT2D eigenvalue weighted by Gasteiger charge is 2.34. The largest absolute Gasteiger partial charge is 0.489 e. The van der Waals surface area contributed by atoms with Crippen molar-refractivity contribution < 1.29 is 19.4 Å². The number of carbonyl (C=O) groups is 2. The van der Waals surface area contributed by atoms with Crippen molar-refractivity contribution in [3.8, 4) is 5.75 Å². The number of carbonyl (C=O) groups excluding carboxylic acids is 1. The molecule has 0 saturated heterocycles. The lowest BCUT2D eigenvalue weighted by atomic mass is 9.72. The molecule has 178 valence electrons. The molecule has 2 atom stereocenters. The van der Waals surface area contributed by atoms with Crippen molar-refractivity contribution in [3.05, 3.63) is 77.9 Å². The van der Waals surface area contributed by atoms with Gasteiger partial charge in [-0.15, -0.1) is 0 Å². The van der Waals surface area contributed by atoms with E-state index in [1.54, 1.807) is 0 Å². The molecule has 0 heterocycles. The predicted octanol–water partition coefficient (Wildman–Crippen LogP) is 5.78. The normalized spacial score (nSPS) is 15.5. The fourth-order valence-electron chi connectivity index (χ4n) is 4.69. The van der Waals surface area contributed by atoms with E-state index in [4.69, 9.17) is 4.74 Å². The van der Waals surface area contributed by atoms with Gasteiger partial charge in [0.05, 0.1) is 11.8 Å². The molecule has 1 fully saturated rings. The fourth-order valence-corrected chi connectivity index (χ4v) is 4.69. The van der Waals surface area contributed by atoms with Crippen LogP contribution in [0.5, 0.6) is 5.75 Å². The Morgan fingerprint density at radius 2 is 1.71 bits per heavy atom. The van der Waals surface area contributed by atoms with Crippen molar-refractivity contribution in [1.29, 1.82) is 0 Å². The van der Waals surface area contributed by atoms with E-state index in [2.05, 4.69) is 29.6 Å². The molecular formula is C29H33NO4. The molecule has 0 spiro atoms. The maximum Gasteiger partial charge on any atom is 0.308 e. The van der Waals surface area contributed by atoms with Crippen LogP contribution >= 0.6 is 0 Å². The van der Waals surface area contributed by atoms with Crippen LogP contribution in [0.3, 0.4) is 0 Å². The second-order valence-corrected chi connectivity index (χ2v) is 9.60. The van der Waals surface area contributed by atoms with Crippen molar-refractivity contribution in [2.45, 2.75) is 45.6 Å². The molecule has 1 amide bonds. The van der Waals surface area contributed by atoms with Crippen LogP contribution in [0.1, 0.15) is 50.2 Å². The summed E-state index contributed by atoms with van der Waals surface area (Å²) in [6.45, 7) is 4.36. The predicted molar refractivity (Wildman–Crippen MR) is 134 cm³/mol. The Morgan fingerprint density at radius 1 is 1.00 bits per heavy atom. The molecule has 0 radical (unpaired) electrons. The van der Waals surface area contributed by atoms with E-state index in [9.17, 15) is 14.7 Å². The Bertz CT molecular complexity index is 1130. The van der Waals surface area contributed by atoms with Crippen LogP contribution in [0.4, 0.5) is 0 Å². The minimum atomic E-state index is -0.872. The summed E-state index contributed by atoms with van der Waals surface area (Å²) in [5.74, 6) is -0.791. The molecule has 5 nitrogen and oxygen atoms in total. The van der Waals surface area contributed by atoms with E-state index in [0.717, 1.165) is 36.1 Å². The van der Waals surface area contributed by atoms with E-state index < -0.39 is 11.9 Å². The van der Waals surface area contributed by atoms with Gasteiger partial charge in [0.2, 0.25) is 5.91 Å². The molecule has 3 aromatic rings. The summed E-state index contributed by atoms with van der Waals surface area (Å²) < 4.78 is 6.06. The lowest BCUT2D eigenvalue weighted by molar-refractivity contribution is -0.143. The SMILES string of the molecule is CC(C)C(CNC(=O)C(c1ccc(OCc2cccc3ccccc23)cc1)C1CCC1)C(=O)O. The minimum Gasteiger partial charge on any atom is -0.489 e. The van der Waals surface area contributed by atoms with Gasteiger partial charge in [-0.05, 0) is 58.7 Å². The highest BCUT2D eigenvalue weighted by Crippen LogP contribution is 2.40. The number of hydrogen-bond donors (Lipinski definition) is 2. The zero-order chi connectivity index (χ0) is 24.1. The summed E-state index contributed by atoms with van der Waals surface area (Å²) in [5, 5.41) is 14.7. The number of carboxylic acids is 1. The Balaban J connectivity index is 1.43. The van der Waals surface area contributed by atoms with Crippen molar-refractivity contribution in [2.75, 3.05) is 6.54 Å². The van der Waals surface area contributed by atoms with Gasteiger partial charge in [-0.2, -0.15) is 0 Å². The van der Waals surface area contributed by atoms with E-state index in [0.29, 0.717) is 12.5 Å². The Kier molecular flexibility index (Phi) is 7.51. The number of rotatable bonds is 10. The van der Waals surface area contributed by atoms with Gasteiger partial charge in [0, 0.05) is 6.54 Å². The third kappa shape index (κ3) is 5.41. The van der Waals surface area contributed by atoms with Gasteiger partial charge in [0.15, 0.2) is 0 Å². The average Bonchev–Trinajstić information content (AvgIpc) is 2.80. The van der Waals surface area contributed by atoms with Crippen LogP contribution < -0.4 is 10.1 Å². The Labute approximate surface area is 201 Å². The number of fused-ring (bicyclic) bond motifs is 1. The molecule has 1 aliphatic carbocycles. The van der Waals surface area contributed by atoms with E-state index in [1.807, 2.05) is 56.3 Å². The average molecular weight is 460 g/mol. The van der Waals surface area contributed by atoms with Gasteiger partial charge in [-0.3, -0.25) is 9.59 Å². The van der Waals surface area contributed by atoms with E-state index in [1.165, 1.54) is 10.8 Å². The zero-order valence-corrected chi connectivity index (χ0v) is 19.9. The Morgan fingerprint density at radius 3 is 2.35 bits per heavy atom.